The van der Waals surface area contributed by atoms with Crippen LogP contribution in [0.2, 0.25) is 5.28 Å². The third-order valence-corrected chi connectivity index (χ3v) is 2.03. The van der Waals surface area contributed by atoms with Gasteiger partial charge in [-0.25, -0.2) is 0 Å². The fourth-order valence-corrected chi connectivity index (χ4v) is 1.17. The zero-order chi connectivity index (χ0) is 13.9. The molecule has 1 aromatic rings. The number of anilines is 2. The zero-order valence-electron chi connectivity index (χ0n) is 10.0. The van der Waals surface area contributed by atoms with E-state index >= 15 is 0 Å². The van der Waals surface area contributed by atoms with Crippen molar-refractivity contribution in [3.8, 4) is 0 Å². The first-order valence-corrected chi connectivity index (χ1v) is 5.57. The molecule has 0 saturated heterocycles. The van der Waals surface area contributed by atoms with Gasteiger partial charge in [0.05, 0.1) is 0 Å². The number of nitrogens with zero attached hydrogens (tertiary/aromatic N) is 3. The highest BCUT2D eigenvalue weighted by Crippen LogP contribution is 2.22. The number of nitrogens with one attached hydrogen (secondary N) is 2. The van der Waals surface area contributed by atoms with Crippen LogP contribution in [0.4, 0.5) is 25.1 Å². The molecule has 5 nitrogen and oxygen atoms in total. The van der Waals surface area contributed by atoms with Gasteiger partial charge in [-0.15, -0.1) is 0 Å². The van der Waals surface area contributed by atoms with Gasteiger partial charge in [-0.1, -0.05) is 0 Å². The van der Waals surface area contributed by atoms with Gasteiger partial charge in [0.1, 0.15) is 6.04 Å². The SMILES string of the molecule is CC(C)Nc1nc(Cl)nc(N[C@@H](C)C(F)(F)F)n1. The van der Waals surface area contributed by atoms with Crippen molar-refractivity contribution in [2.24, 2.45) is 0 Å². The molecule has 18 heavy (non-hydrogen) atoms. The molecule has 1 rings (SSSR count). The van der Waals surface area contributed by atoms with Crippen molar-refractivity contribution in [1.82, 2.24) is 15.0 Å². The Labute approximate surface area is 107 Å². The number of hydrogen-bond acceptors (Lipinski definition) is 5. The number of rotatable bonds is 4. The molecule has 0 aromatic carbocycles. The number of hydrogen-bond donors (Lipinski definition) is 2. The van der Waals surface area contributed by atoms with E-state index < -0.39 is 12.2 Å². The van der Waals surface area contributed by atoms with E-state index in [1.165, 1.54) is 0 Å². The van der Waals surface area contributed by atoms with E-state index in [0.717, 1.165) is 6.92 Å². The fourth-order valence-electron chi connectivity index (χ4n) is 1.01. The summed E-state index contributed by atoms with van der Waals surface area (Å²) in [5, 5.41) is 4.78. The van der Waals surface area contributed by atoms with Crippen LogP contribution in [0.1, 0.15) is 20.8 Å². The maximum absolute atomic E-state index is 12.4. The summed E-state index contributed by atoms with van der Waals surface area (Å²) in [5.74, 6) is -0.0927. The van der Waals surface area contributed by atoms with Crippen LogP contribution in [0.3, 0.4) is 0 Å². The van der Waals surface area contributed by atoms with E-state index in [-0.39, 0.29) is 23.2 Å². The average molecular weight is 284 g/mol. The summed E-state index contributed by atoms with van der Waals surface area (Å²) in [6.07, 6.45) is -4.38. The van der Waals surface area contributed by atoms with Gasteiger partial charge in [0.15, 0.2) is 0 Å². The second-order valence-electron chi connectivity index (χ2n) is 3.96. The van der Waals surface area contributed by atoms with E-state index in [2.05, 4.69) is 25.6 Å². The van der Waals surface area contributed by atoms with Crippen LogP contribution in [0.15, 0.2) is 0 Å². The maximum atomic E-state index is 12.4. The minimum Gasteiger partial charge on any atom is -0.352 e. The summed E-state index contributed by atoms with van der Waals surface area (Å²) < 4.78 is 37.1. The number of alkyl halides is 3. The molecule has 9 heteroatoms. The van der Waals surface area contributed by atoms with Crippen LogP contribution >= 0.6 is 11.6 Å². The zero-order valence-corrected chi connectivity index (χ0v) is 10.8. The quantitative estimate of drug-likeness (QED) is 0.889. The summed E-state index contributed by atoms with van der Waals surface area (Å²) in [6, 6.07) is -1.75. The second-order valence-corrected chi connectivity index (χ2v) is 4.30. The minimum atomic E-state index is -4.38. The van der Waals surface area contributed by atoms with Gasteiger partial charge >= 0.3 is 6.18 Å². The van der Waals surface area contributed by atoms with Crippen LogP contribution in [0.5, 0.6) is 0 Å². The second kappa shape index (κ2) is 5.55. The molecule has 0 aliphatic carbocycles. The third-order valence-electron chi connectivity index (χ3n) is 1.86. The molecule has 1 aromatic heterocycles. The molecule has 0 fully saturated rings. The Kier molecular flexibility index (Phi) is 4.55. The van der Waals surface area contributed by atoms with Crippen LogP contribution < -0.4 is 10.6 Å². The molecular weight excluding hydrogens is 271 g/mol. The van der Waals surface area contributed by atoms with Crippen LogP contribution in [0, 0.1) is 0 Å². The molecule has 0 unspecified atom stereocenters. The van der Waals surface area contributed by atoms with Gasteiger partial charge in [0, 0.05) is 6.04 Å². The lowest BCUT2D eigenvalue weighted by Crippen LogP contribution is -2.34. The Bertz CT molecular complexity index is 410. The van der Waals surface area contributed by atoms with Crippen LogP contribution in [-0.2, 0) is 0 Å². The Morgan fingerprint density at radius 3 is 1.94 bits per heavy atom. The highest BCUT2D eigenvalue weighted by Gasteiger charge is 2.36. The van der Waals surface area contributed by atoms with Crippen LogP contribution in [0.25, 0.3) is 0 Å². The Hall–Kier alpha value is -1.31. The lowest BCUT2D eigenvalue weighted by atomic mass is 10.3. The van der Waals surface area contributed by atoms with E-state index in [1.54, 1.807) is 0 Å². The smallest absolute Gasteiger partial charge is 0.352 e. The summed E-state index contributed by atoms with van der Waals surface area (Å²) in [6.45, 7) is 4.64. The molecule has 1 atom stereocenters. The van der Waals surface area contributed by atoms with Crippen molar-refractivity contribution in [3.05, 3.63) is 5.28 Å². The molecule has 0 spiro atoms. The molecule has 2 N–H and O–H groups in total. The molecular formula is C9H13ClF3N5. The lowest BCUT2D eigenvalue weighted by Gasteiger charge is -2.17. The Morgan fingerprint density at radius 2 is 1.50 bits per heavy atom. The van der Waals surface area contributed by atoms with Gasteiger partial charge in [-0.3, -0.25) is 0 Å². The van der Waals surface area contributed by atoms with E-state index in [9.17, 15) is 13.2 Å². The van der Waals surface area contributed by atoms with Crippen molar-refractivity contribution in [2.75, 3.05) is 10.6 Å². The molecule has 0 bridgehead atoms. The Morgan fingerprint density at radius 1 is 1.00 bits per heavy atom. The van der Waals surface area contributed by atoms with Gasteiger partial charge < -0.3 is 10.6 Å². The molecule has 102 valence electrons. The highest BCUT2D eigenvalue weighted by molar-refractivity contribution is 6.28. The first-order valence-electron chi connectivity index (χ1n) is 5.20. The van der Waals surface area contributed by atoms with Crippen molar-refractivity contribution >= 4 is 23.5 Å². The minimum absolute atomic E-state index is 0.0244. The lowest BCUT2D eigenvalue weighted by molar-refractivity contribution is -0.138. The first kappa shape index (κ1) is 14.7. The normalized spacial score (nSPS) is 13.6. The largest absolute Gasteiger partial charge is 0.408 e. The van der Waals surface area contributed by atoms with Crippen molar-refractivity contribution in [2.45, 2.75) is 39.0 Å². The molecule has 0 aliphatic heterocycles. The van der Waals surface area contributed by atoms with E-state index in [0.29, 0.717) is 0 Å². The van der Waals surface area contributed by atoms with Gasteiger partial charge in [0.25, 0.3) is 0 Å². The number of halogens is 4. The topological polar surface area (TPSA) is 62.7 Å². The summed E-state index contributed by atoms with van der Waals surface area (Å²) in [5.41, 5.74) is 0. The van der Waals surface area contributed by atoms with Crippen molar-refractivity contribution in [1.29, 1.82) is 0 Å². The van der Waals surface area contributed by atoms with Gasteiger partial charge in [-0.2, -0.15) is 28.1 Å². The standard InChI is InChI=1S/C9H13ClF3N5/c1-4(2)14-7-16-6(10)17-8(18-7)15-5(3)9(11,12)13/h4-5H,1-3H3,(H2,14,15,16,17,18)/t5-/m0/s1. The van der Waals surface area contributed by atoms with Crippen LogP contribution in [-0.4, -0.2) is 33.2 Å². The van der Waals surface area contributed by atoms with Gasteiger partial charge in [0.2, 0.25) is 17.2 Å². The maximum Gasteiger partial charge on any atom is 0.408 e. The molecule has 1 heterocycles. The molecule has 0 aliphatic rings. The molecule has 0 amide bonds. The predicted octanol–water partition coefficient (Wildman–Crippen LogP) is 2.71. The fraction of sp³-hybridized carbons (Fsp3) is 0.667. The predicted molar refractivity (Wildman–Crippen MR) is 62.7 cm³/mol. The summed E-state index contributed by atoms with van der Waals surface area (Å²) in [4.78, 5) is 11.1. The third kappa shape index (κ3) is 4.52. The molecule has 0 radical (unpaired) electrons. The van der Waals surface area contributed by atoms with E-state index in [1.807, 2.05) is 13.8 Å². The van der Waals surface area contributed by atoms with E-state index in [4.69, 9.17) is 11.6 Å². The van der Waals surface area contributed by atoms with Gasteiger partial charge in [-0.05, 0) is 32.4 Å². The van der Waals surface area contributed by atoms with Crippen molar-refractivity contribution < 1.29 is 13.2 Å². The van der Waals surface area contributed by atoms with Crippen molar-refractivity contribution in [3.63, 3.8) is 0 Å². The molecule has 0 saturated carbocycles. The first-order chi connectivity index (χ1) is 8.18. The highest BCUT2D eigenvalue weighted by atomic mass is 35.5. The summed E-state index contributed by atoms with van der Waals surface area (Å²) in [7, 11) is 0. The Balaban J connectivity index is 2.86. The average Bonchev–Trinajstić information content (AvgIpc) is 2.13. The number of aromatic nitrogens is 3. The summed E-state index contributed by atoms with van der Waals surface area (Å²) >= 11 is 5.61. The monoisotopic (exact) mass is 283 g/mol.